The van der Waals surface area contributed by atoms with Gasteiger partial charge < -0.3 is 10.2 Å². The van der Waals surface area contributed by atoms with Crippen molar-refractivity contribution in [2.75, 3.05) is 11.9 Å². The molecule has 1 amide bonds. The molecule has 0 fully saturated rings. The predicted octanol–water partition coefficient (Wildman–Crippen LogP) is 3.35. The molecule has 3 rings (SSSR count). The number of nitro benzene ring substituents is 1. The number of amides is 1. The molecule has 0 saturated heterocycles. The smallest absolute Gasteiger partial charge is 0.276 e. The summed E-state index contributed by atoms with van der Waals surface area (Å²) < 4.78 is 0. The minimum Gasteiger partial charge on any atom is -0.361 e. The normalized spacial score (nSPS) is 16.4. The molecule has 0 radical (unpaired) electrons. The Morgan fingerprint density at radius 2 is 1.91 bits per heavy atom. The van der Waals surface area contributed by atoms with E-state index in [2.05, 4.69) is 11.9 Å². The third-order valence-electron chi connectivity index (χ3n) is 3.78. The highest BCUT2D eigenvalue weighted by molar-refractivity contribution is 6.01. The van der Waals surface area contributed by atoms with Gasteiger partial charge in [0.1, 0.15) is 6.17 Å². The number of hydrogen-bond acceptors (Lipinski definition) is 4. The van der Waals surface area contributed by atoms with Crippen LogP contribution in [-0.4, -0.2) is 22.3 Å². The van der Waals surface area contributed by atoms with Gasteiger partial charge >= 0.3 is 0 Å². The summed E-state index contributed by atoms with van der Waals surface area (Å²) >= 11 is 0. The van der Waals surface area contributed by atoms with Crippen molar-refractivity contribution >= 4 is 17.3 Å². The number of anilines is 1. The lowest BCUT2D eigenvalue weighted by molar-refractivity contribution is -0.385. The maximum absolute atomic E-state index is 12.7. The molecule has 2 aromatic carbocycles. The van der Waals surface area contributed by atoms with Crippen molar-refractivity contribution < 1.29 is 9.72 Å². The number of nitro groups is 1. The Bertz CT molecular complexity index is 788. The molecular weight excluding hydrogens is 294 g/mol. The SMILES string of the molecule is C=CCN1C(=O)c2ccccc2NC1c1ccccc1[N+](=O)[O-]. The van der Waals surface area contributed by atoms with E-state index in [1.807, 2.05) is 6.07 Å². The number of carbonyl (C=O) groups excluding carboxylic acids is 1. The molecule has 0 bridgehead atoms. The van der Waals surface area contributed by atoms with E-state index in [1.165, 1.54) is 11.0 Å². The molecule has 1 aliphatic heterocycles. The van der Waals surface area contributed by atoms with Gasteiger partial charge in [0.2, 0.25) is 0 Å². The number of nitrogens with zero attached hydrogens (tertiary/aromatic N) is 2. The molecule has 23 heavy (non-hydrogen) atoms. The Balaban J connectivity index is 2.12. The van der Waals surface area contributed by atoms with Crippen molar-refractivity contribution in [3.63, 3.8) is 0 Å². The van der Waals surface area contributed by atoms with Gasteiger partial charge in [-0.05, 0) is 18.2 Å². The van der Waals surface area contributed by atoms with E-state index in [0.29, 0.717) is 16.8 Å². The zero-order chi connectivity index (χ0) is 16.4. The first kappa shape index (κ1) is 14.8. The molecule has 1 N–H and O–H groups in total. The summed E-state index contributed by atoms with van der Waals surface area (Å²) in [4.78, 5) is 25.2. The second-order valence-electron chi connectivity index (χ2n) is 5.15. The van der Waals surface area contributed by atoms with E-state index in [1.54, 1.807) is 42.5 Å². The largest absolute Gasteiger partial charge is 0.361 e. The zero-order valence-corrected chi connectivity index (χ0v) is 12.3. The van der Waals surface area contributed by atoms with Gasteiger partial charge in [-0.3, -0.25) is 14.9 Å². The van der Waals surface area contributed by atoms with Crippen LogP contribution in [0.3, 0.4) is 0 Å². The molecule has 0 aromatic heterocycles. The van der Waals surface area contributed by atoms with Crippen molar-refractivity contribution in [3.8, 4) is 0 Å². The summed E-state index contributed by atoms with van der Waals surface area (Å²) in [5.41, 5.74) is 1.64. The average molecular weight is 309 g/mol. The number of benzene rings is 2. The average Bonchev–Trinajstić information content (AvgIpc) is 2.57. The first-order chi connectivity index (χ1) is 11.1. The van der Waals surface area contributed by atoms with Crippen LogP contribution in [-0.2, 0) is 0 Å². The van der Waals surface area contributed by atoms with Gasteiger partial charge in [0.25, 0.3) is 11.6 Å². The van der Waals surface area contributed by atoms with Gasteiger partial charge in [-0.15, -0.1) is 6.58 Å². The number of fused-ring (bicyclic) bond motifs is 1. The summed E-state index contributed by atoms with van der Waals surface area (Å²) in [5, 5.41) is 14.5. The second-order valence-corrected chi connectivity index (χ2v) is 5.15. The van der Waals surface area contributed by atoms with E-state index < -0.39 is 11.1 Å². The fraction of sp³-hybridized carbons (Fsp3) is 0.118. The standard InChI is InChI=1S/C17H15N3O3/c1-2-11-19-16(13-8-4-6-10-15(13)20(22)23)18-14-9-5-3-7-12(14)17(19)21/h2-10,16,18H,1,11H2. The predicted molar refractivity (Wildman–Crippen MR) is 87.1 cm³/mol. The molecular formula is C17H15N3O3. The first-order valence-electron chi connectivity index (χ1n) is 7.14. The molecule has 2 aromatic rings. The van der Waals surface area contributed by atoms with Crippen LogP contribution in [0.15, 0.2) is 61.2 Å². The maximum Gasteiger partial charge on any atom is 0.276 e. The van der Waals surface area contributed by atoms with Crippen LogP contribution in [0.1, 0.15) is 22.1 Å². The number of hydrogen-bond donors (Lipinski definition) is 1. The lowest BCUT2D eigenvalue weighted by Crippen LogP contribution is -2.43. The molecule has 0 spiro atoms. The summed E-state index contributed by atoms with van der Waals surface area (Å²) in [5.74, 6) is -0.178. The highest BCUT2D eigenvalue weighted by Gasteiger charge is 2.35. The lowest BCUT2D eigenvalue weighted by Gasteiger charge is -2.37. The topological polar surface area (TPSA) is 75.5 Å². The van der Waals surface area contributed by atoms with Crippen molar-refractivity contribution in [1.29, 1.82) is 0 Å². The number of para-hydroxylation sites is 2. The highest BCUT2D eigenvalue weighted by atomic mass is 16.6. The third-order valence-corrected chi connectivity index (χ3v) is 3.78. The van der Waals surface area contributed by atoms with Gasteiger partial charge in [-0.1, -0.05) is 30.3 Å². The fourth-order valence-electron chi connectivity index (χ4n) is 2.75. The molecule has 0 aliphatic carbocycles. The number of rotatable bonds is 4. The molecule has 1 aliphatic rings. The molecule has 6 nitrogen and oxygen atoms in total. The van der Waals surface area contributed by atoms with Gasteiger partial charge in [-0.2, -0.15) is 0 Å². The van der Waals surface area contributed by atoms with E-state index in [0.717, 1.165) is 0 Å². The summed E-state index contributed by atoms with van der Waals surface area (Å²) in [7, 11) is 0. The van der Waals surface area contributed by atoms with E-state index in [-0.39, 0.29) is 18.1 Å². The van der Waals surface area contributed by atoms with Crippen LogP contribution in [0.2, 0.25) is 0 Å². The van der Waals surface area contributed by atoms with E-state index in [4.69, 9.17) is 0 Å². The third kappa shape index (κ3) is 2.55. The van der Waals surface area contributed by atoms with Crippen LogP contribution in [0.25, 0.3) is 0 Å². The lowest BCUT2D eigenvalue weighted by atomic mass is 10.0. The monoisotopic (exact) mass is 309 g/mol. The Hall–Kier alpha value is -3.15. The van der Waals surface area contributed by atoms with E-state index in [9.17, 15) is 14.9 Å². The summed E-state index contributed by atoms with van der Waals surface area (Å²) in [6.45, 7) is 3.96. The van der Waals surface area contributed by atoms with Gasteiger partial charge in [0, 0.05) is 18.3 Å². The molecule has 6 heteroatoms. The quantitative estimate of drug-likeness (QED) is 0.534. The molecule has 1 atom stereocenters. The van der Waals surface area contributed by atoms with Crippen LogP contribution in [0.5, 0.6) is 0 Å². The molecule has 116 valence electrons. The van der Waals surface area contributed by atoms with Crippen molar-refractivity contribution in [2.45, 2.75) is 6.17 Å². The number of nitrogens with one attached hydrogen (secondary N) is 1. The summed E-state index contributed by atoms with van der Waals surface area (Å²) in [6.07, 6.45) is 0.993. The van der Waals surface area contributed by atoms with Crippen LogP contribution < -0.4 is 5.32 Å². The van der Waals surface area contributed by atoms with Crippen molar-refractivity contribution in [2.24, 2.45) is 0 Å². The minimum absolute atomic E-state index is 0.0220. The van der Waals surface area contributed by atoms with Gasteiger partial charge in [0.15, 0.2) is 0 Å². The van der Waals surface area contributed by atoms with E-state index >= 15 is 0 Å². The first-order valence-corrected chi connectivity index (χ1v) is 7.14. The van der Waals surface area contributed by atoms with Crippen molar-refractivity contribution in [1.82, 2.24) is 4.90 Å². The molecule has 0 saturated carbocycles. The zero-order valence-electron chi connectivity index (χ0n) is 12.3. The Morgan fingerprint density at radius 3 is 2.65 bits per heavy atom. The molecule has 1 heterocycles. The Labute approximate surface area is 133 Å². The van der Waals surface area contributed by atoms with Gasteiger partial charge in [-0.25, -0.2) is 0 Å². The van der Waals surface area contributed by atoms with Crippen LogP contribution >= 0.6 is 0 Å². The fourth-order valence-corrected chi connectivity index (χ4v) is 2.75. The summed E-state index contributed by atoms with van der Waals surface area (Å²) in [6, 6.07) is 13.6. The highest BCUT2D eigenvalue weighted by Crippen LogP contribution is 2.36. The van der Waals surface area contributed by atoms with Crippen molar-refractivity contribution in [3.05, 3.63) is 82.4 Å². The Morgan fingerprint density at radius 1 is 1.22 bits per heavy atom. The van der Waals surface area contributed by atoms with Gasteiger partial charge in [0.05, 0.1) is 16.1 Å². The minimum atomic E-state index is -0.614. The Kier molecular flexibility index (Phi) is 3.80. The number of carbonyl (C=O) groups is 1. The van der Waals surface area contributed by atoms with Crippen LogP contribution in [0.4, 0.5) is 11.4 Å². The second kappa shape index (κ2) is 5.92. The van der Waals surface area contributed by atoms with Crippen LogP contribution in [0, 0.1) is 10.1 Å². The maximum atomic E-state index is 12.7. The molecule has 1 unspecified atom stereocenters.